The lowest BCUT2D eigenvalue weighted by Gasteiger charge is -2.38. The fraction of sp³-hybridized carbons (Fsp3) is 0.360. The standard InChI is InChI=1S/C25H27FN2O2S/c1-16-10-19(24-12-18-2-3-20(26)13-25(18)31-24)7-9-28(16)14-21(29)15-30-22-4-5-23-17(11-22)6-8-27-23/h2-6,8,11-13,16,19,21,27,29H,7,9-10,14-15H2,1H3/t16-,19+,21-/m0/s1. The first-order chi connectivity index (χ1) is 15.0. The van der Waals surface area contributed by atoms with Crippen molar-refractivity contribution in [2.24, 2.45) is 0 Å². The van der Waals surface area contributed by atoms with Crippen LogP contribution < -0.4 is 4.74 Å². The second-order valence-electron chi connectivity index (χ2n) is 8.59. The minimum absolute atomic E-state index is 0.173. The van der Waals surface area contributed by atoms with Gasteiger partial charge in [-0.15, -0.1) is 11.3 Å². The Bertz CT molecular complexity index is 1190. The topological polar surface area (TPSA) is 48.5 Å². The molecule has 1 saturated heterocycles. The van der Waals surface area contributed by atoms with E-state index < -0.39 is 6.10 Å². The summed E-state index contributed by atoms with van der Waals surface area (Å²) in [6.45, 7) is 4.07. The molecule has 1 fully saturated rings. The molecule has 5 rings (SSSR count). The van der Waals surface area contributed by atoms with Crippen molar-refractivity contribution in [1.29, 1.82) is 0 Å². The summed E-state index contributed by atoms with van der Waals surface area (Å²) in [5.74, 6) is 1.10. The minimum Gasteiger partial charge on any atom is -0.491 e. The van der Waals surface area contributed by atoms with Gasteiger partial charge in [-0.3, -0.25) is 4.90 Å². The van der Waals surface area contributed by atoms with Crippen molar-refractivity contribution >= 4 is 32.3 Å². The lowest BCUT2D eigenvalue weighted by Crippen LogP contribution is -2.45. The van der Waals surface area contributed by atoms with Crippen molar-refractivity contribution in [3.05, 3.63) is 65.4 Å². The van der Waals surface area contributed by atoms with Crippen molar-refractivity contribution in [2.75, 3.05) is 19.7 Å². The van der Waals surface area contributed by atoms with Gasteiger partial charge in [-0.1, -0.05) is 6.07 Å². The number of hydrogen-bond acceptors (Lipinski definition) is 4. The largest absolute Gasteiger partial charge is 0.491 e. The number of β-amino-alcohol motifs (C(OH)–C–C–N with tert-alkyl or cyclic N) is 1. The zero-order chi connectivity index (χ0) is 21.4. The van der Waals surface area contributed by atoms with E-state index in [-0.39, 0.29) is 12.4 Å². The summed E-state index contributed by atoms with van der Waals surface area (Å²) in [7, 11) is 0. The summed E-state index contributed by atoms with van der Waals surface area (Å²) in [6, 6.07) is 15.6. The van der Waals surface area contributed by atoms with Gasteiger partial charge in [0, 0.05) is 39.3 Å². The molecule has 0 radical (unpaired) electrons. The highest BCUT2D eigenvalue weighted by Crippen LogP contribution is 2.38. The van der Waals surface area contributed by atoms with E-state index in [9.17, 15) is 9.50 Å². The van der Waals surface area contributed by atoms with Crippen LogP contribution in [0.3, 0.4) is 0 Å². The smallest absolute Gasteiger partial charge is 0.124 e. The third-order valence-electron chi connectivity index (χ3n) is 6.33. The number of aliphatic hydroxyl groups excluding tert-OH is 1. The Balaban J connectivity index is 1.15. The summed E-state index contributed by atoms with van der Waals surface area (Å²) in [5.41, 5.74) is 1.08. The number of nitrogens with zero attached hydrogens (tertiary/aromatic N) is 1. The SMILES string of the molecule is C[C@H]1C[C@H](c2cc3ccc(F)cc3s2)CCN1C[C@H](O)COc1ccc2[nH]ccc2c1. The Hall–Kier alpha value is -2.41. The summed E-state index contributed by atoms with van der Waals surface area (Å²) < 4.78 is 20.4. The van der Waals surface area contributed by atoms with Crippen LogP contribution in [-0.2, 0) is 0 Å². The van der Waals surface area contributed by atoms with E-state index in [0.29, 0.717) is 18.5 Å². The lowest BCUT2D eigenvalue weighted by molar-refractivity contribution is 0.0404. The number of H-pyrrole nitrogens is 1. The molecule has 2 N–H and O–H groups in total. The van der Waals surface area contributed by atoms with Gasteiger partial charge in [0.25, 0.3) is 0 Å². The number of aromatic amines is 1. The number of likely N-dealkylation sites (tertiary alicyclic amines) is 1. The van der Waals surface area contributed by atoms with Crippen molar-refractivity contribution in [3.8, 4) is 5.75 Å². The average Bonchev–Trinajstić information content (AvgIpc) is 3.39. The molecule has 1 aliphatic heterocycles. The first-order valence-corrected chi connectivity index (χ1v) is 11.7. The number of fused-ring (bicyclic) bond motifs is 2. The minimum atomic E-state index is -0.534. The second kappa shape index (κ2) is 8.61. The van der Waals surface area contributed by atoms with Crippen molar-refractivity contribution in [1.82, 2.24) is 9.88 Å². The van der Waals surface area contributed by atoms with Gasteiger partial charge in [-0.25, -0.2) is 4.39 Å². The maximum absolute atomic E-state index is 13.5. The molecule has 6 heteroatoms. The fourth-order valence-corrected chi connectivity index (χ4v) is 5.85. The number of aromatic nitrogens is 1. The molecule has 162 valence electrons. The maximum Gasteiger partial charge on any atom is 0.124 e. The molecule has 0 saturated carbocycles. The molecule has 4 nitrogen and oxygen atoms in total. The van der Waals surface area contributed by atoms with Crippen LogP contribution in [0.2, 0.25) is 0 Å². The molecule has 0 aliphatic carbocycles. The summed E-state index contributed by atoms with van der Waals surface area (Å²) in [4.78, 5) is 6.87. The van der Waals surface area contributed by atoms with Crippen LogP contribution in [0.5, 0.6) is 5.75 Å². The molecule has 0 spiro atoms. The van der Waals surface area contributed by atoms with E-state index in [0.717, 1.165) is 46.1 Å². The van der Waals surface area contributed by atoms with Crippen molar-refractivity contribution < 1.29 is 14.2 Å². The second-order valence-corrected chi connectivity index (χ2v) is 9.70. The number of aliphatic hydroxyl groups is 1. The Labute approximate surface area is 185 Å². The summed E-state index contributed by atoms with van der Waals surface area (Å²) in [6.07, 6.45) is 3.48. The number of nitrogens with one attached hydrogen (secondary N) is 1. The maximum atomic E-state index is 13.5. The lowest BCUT2D eigenvalue weighted by atomic mass is 9.90. The van der Waals surface area contributed by atoms with Gasteiger partial charge in [-0.05, 0) is 80.1 Å². The van der Waals surface area contributed by atoms with Gasteiger partial charge in [-0.2, -0.15) is 0 Å². The van der Waals surface area contributed by atoms with Crippen LogP contribution in [0.4, 0.5) is 4.39 Å². The molecule has 0 bridgehead atoms. The molecular formula is C25H27FN2O2S. The monoisotopic (exact) mass is 438 g/mol. The number of ether oxygens (including phenoxy) is 1. The van der Waals surface area contributed by atoms with E-state index >= 15 is 0 Å². The van der Waals surface area contributed by atoms with Crippen LogP contribution in [-0.4, -0.2) is 46.8 Å². The number of thiophene rings is 1. The molecule has 2 aromatic heterocycles. The van der Waals surface area contributed by atoms with E-state index in [2.05, 4.69) is 22.9 Å². The van der Waals surface area contributed by atoms with E-state index in [1.165, 1.54) is 10.9 Å². The van der Waals surface area contributed by atoms with Crippen LogP contribution in [0.25, 0.3) is 21.0 Å². The molecule has 0 unspecified atom stereocenters. The zero-order valence-corrected chi connectivity index (χ0v) is 18.4. The third-order valence-corrected chi connectivity index (χ3v) is 7.59. The quantitative estimate of drug-likeness (QED) is 0.416. The number of rotatable bonds is 6. The summed E-state index contributed by atoms with van der Waals surface area (Å²) in [5, 5.41) is 12.8. The third kappa shape index (κ3) is 4.47. The van der Waals surface area contributed by atoms with Crippen molar-refractivity contribution in [2.45, 2.75) is 37.8 Å². The Morgan fingerprint density at radius 2 is 2.10 bits per heavy atom. The number of hydrogen-bond donors (Lipinski definition) is 2. The summed E-state index contributed by atoms with van der Waals surface area (Å²) >= 11 is 1.71. The van der Waals surface area contributed by atoms with Crippen LogP contribution >= 0.6 is 11.3 Å². The van der Waals surface area contributed by atoms with Crippen LogP contribution in [0.15, 0.2) is 54.7 Å². The first-order valence-electron chi connectivity index (χ1n) is 10.9. The number of benzene rings is 2. The molecule has 3 heterocycles. The van der Waals surface area contributed by atoms with E-state index in [1.54, 1.807) is 17.4 Å². The molecule has 3 atom stereocenters. The molecule has 31 heavy (non-hydrogen) atoms. The van der Waals surface area contributed by atoms with Gasteiger partial charge >= 0.3 is 0 Å². The molecule has 2 aromatic carbocycles. The van der Waals surface area contributed by atoms with E-state index in [4.69, 9.17) is 4.74 Å². The molecular weight excluding hydrogens is 411 g/mol. The normalized spacial score (nSPS) is 21.0. The predicted octanol–water partition coefficient (Wildman–Crippen LogP) is 5.53. The Kier molecular flexibility index (Phi) is 5.69. The van der Waals surface area contributed by atoms with Crippen LogP contribution in [0.1, 0.15) is 30.6 Å². The van der Waals surface area contributed by atoms with Gasteiger partial charge in [0.2, 0.25) is 0 Å². The number of halogens is 1. The van der Waals surface area contributed by atoms with Crippen LogP contribution in [0, 0.1) is 5.82 Å². The highest BCUT2D eigenvalue weighted by Gasteiger charge is 2.28. The Morgan fingerprint density at radius 3 is 2.97 bits per heavy atom. The number of piperidine rings is 1. The van der Waals surface area contributed by atoms with Gasteiger partial charge in [0.15, 0.2) is 0 Å². The van der Waals surface area contributed by atoms with E-state index in [1.807, 2.05) is 36.5 Å². The molecule has 4 aromatic rings. The fourth-order valence-electron chi connectivity index (χ4n) is 4.61. The van der Waals surface area contributed by atoms with Gasteiger partial charge in [0.1, 0.15) is 24.3 Å². The Morgan fingerprint density at radius 1 is 1.19 bits per heavy atom. The van der Waals surface area contributed by atoms with Crippen molar-refractivity contribution in [3.63, 3.8) is 0 Å². The molecule has 0 amide bonds. The zero-order valence-electron chi connectivity index (χ0n) is 17.6. The highest BCUT2D eigenvalue weighted by atomic mass is 32.1. The first kappa shape index (κ1) is 20.5. The molecule has 1 aliphatic rings. The van der Waals surface area contributed by atoms with Gasteiger partial charge in [0.05, 0.1) is 0 Å². The highest BCUT2D eigenvalue weighted by molar-refractivity contribution is 7.19. The predicted molar refractivity (Wildman–Crippen MR) is 125 cm³/mol. The average molecular weight is 439 g/mol. The van der Waals surface area contributed by atoms with Gasteiger partial charge < -0.3 is 14.8 Å².